The quantitative estimate of drug-likeness (QED) is 0.732. The van der Waals surface area contributed by atoms with Crippen molar-refractivity contribution in [3.05, 3.63) is 0 Å². The maximum Gasteiger partial charge on any atom is 0.222 e. The van der Waals surface area contributed by atoms with Gasteiger partial charge in [0.2, 0.25) is 5.91 Å². The Hall–Kier alpha value is -0.570. The Balaban J connectivity index is 1.68. The Bertz CT molecular complexity index is 383. The molecule has 1 atom stereocenters. The summed E-state index contributed by atoms with van der Waals surface area (Å²) < 4.78 is 0. The summed E-state index contributed by atoms with van der Waals surface area (Å²) >= 11 is 0. The van der Waals surface area contributed by atoms with Crippen molar-refractivity contribution in [1.82, 2.24) is 9.80 Å². The van der Waals surface area contributed by atoms with E-state index in [4.69, 9.17) is 0 Å². The highest BCUT2D eigenvalue weighted by molar-refractivity contribution is 5.77. The van der Waals surface area contributed by atoms with Gasteiger partial charge in [0.25, 0.3) is 0 Å². The van der Waals surface area contributed by atoms with Crippen LogP contribution < -0.4 is 0 Å². The summed E-state index contributed by atoms with van der Waals surface area (Å²) in [6, 6.07) is 0. The van der Waals surface area contributed by atoms with Crippen molar-refractivity contribution in [3.63, 3.8) is 0 Å². The van der Waals surface area contributed by atoms with Gasteiger partial charge in [0.15, 0.2) is 0 Å². The van der Waals surface area contributed by atoms with Gasteiger partial charge >= 0.3 is 0 Å². The van der Waals surface area contributed by atoms with Gasteiger partial charge in [0.05, 0.1) is 0 Å². The summed E-state index contributed by atoms with van der Waals surface area (Å²) in [5, 5.41) is 0. The fourth-order valence-electron chi connectivity index (χ4n) is 4.13. The Kier molecular flexibility index (Phi) is 6.16. The molecule has 3 heteroatoms. The van der Waals surface area contributed by atoms with Gasteiger partial charge in [-0.25, -0.2) is 0 Å². The van der Waals surface area contributed by atoms with Crippen LogP contribution in [-0.2, 0) is 4.79 Å². The number of hydrogen-bond donors (Lipinski definition) is 0. The summed E-state index contributed by atoms with van der Waals surface area (Å²) in [4.78, 5) is 17.1. The first kappa shape index (κ1) is 18.8. The van der Waals surface area contributed by atoms with Gasteiger partial charge in [-0.15, -0.1) is 0 Å². The fraction of sp³-hybridized carbons (Fsp3) is 0.950. The molecule has 0 bridgehead atoms. The lowest BCUT2D eigenvalue weighted by molar-refractivity contribution is -0.147. The first-order valence-electron chi connectivity index (χ1n) is 9.73. The second kappa shape index (κ2) is 7.55. The molecule has 0 aromatic carbocycles. The average molecular weight is 323 g/mol. The van der Waals surface area contributed by atoms with Crippen molar-refractivity contribution >= 4 is 5.91 Å². The summed E-state index contributed by atoms with van der Waals surface area (Å²) in [5.74, 6) is 1.20. The van der Waals surface area contributed by atoms with Crippen LogP contribution in [0.3, 0.4) is 0 Å². The molecule has 2 aliphatic rings. The lowest BCUT2D eigenvalue weighted by atomic mass is 9.71. The molecule has 23 heavy (non-hydrogen) atoms. The van der Waals surface area contributed by atoms with E-state index < -0.39 is 0 Å². The van der Waals surface area contributed by atoms with Gasteiger partial charge in [-0.1, -0.05) is 41.0 Å². The van der Waals surface area contributed by atoms with Gasteiger partial charge in [-0.3, -0.25) is 4.79 Å². The van der Waals surface area contributed by atoms with E-state index in [0.29, 0.717) is 11.3 Å². The van der Waals surface area contributed by atoms with Crippen LogP contribution in [0.4, 0.5) is 0 Å². The third kappa shape index (κ3) is 5.48. The van der Waals surface area contributed by atoms with E-state index in [-0.39, 0.29) is 5.41 Å². The normalized spacial score (nSPS) is 22.9. The number of piperidine rings is 1. The standard InChI is InChI=1S/C20H38N2O/c1-6-7-17(2)14-21-12-10-20(11-13-21)15-22(16-20)18(23)8-9-19(3,4)5/h17H,6-16H2,1-5H3. The van der Waals surface area contributed by atoms with Crippen LogP contribution in [-0.4, -0.2) is 48.4 Å². The molecule has 2 heterocycles. The molecule has 2 fully saturated rings. The Morgan fingerprint density at radius 2 is 1.78 bits per heavy atom. The third-order valence-electron chi connectivity index (χ3n) is 5.76. The summed E-state index contributed by atoms with van der Waals surface area (Å²) in [6.07, 6.45) is 6.94. The summed E-state index contributed by atoms with van der Waals surface area (Å²) in [7, 11) is 0. The van der Waals surface area contributed by atoms with E-state index in [1.807, 2.05) is 0 Å². The van der Waals surface area contributed by atoms with Crippen LogP contribution in [0.5, 0.6) is 0 Å². The highest BCUT2D eigenvalue weighted by atomic mass is 16.2. The molecule has 0 aromatic rings. The SMILES string of the molecule is CCCC(C)CN1CCC2(CC1)CN(C(=O)CCC(C)(C)C)C2. The summed E-state index contributed by atoms with van der Waals surface area (Å²) in [6.45, 7) is 17.1. The predicted octanol–water partition coefficient (Wildman–Crippen LogP) is 4.17. The lowest BCUT2D eigenvalue weighted by Gasteiger charge is -2.54. The van der Waals surface area contributed by atoms with Crippen molar-refractivity contribution in [3.8, 4) is 0 Å². The molecule has 0 aliphatic carbocycles. The molecule has 0 saturated carbocycles. The first-order valence-corrected chi connectivity index (χ1v) is 9.73. The molecule has 2 aliphatic heterocycles. The molecular weight excluding hydrogens is 284 g/mol. The largest absolute Gasteiger partial charge is 0.341 e. The van der Waals surface area contributed by atoms with Gasteiger partial charge < -0.3 is 9.80 Å². The van der Waals surface area contributed by atoms with Crippen LogP contribution in [0.25, 0.3) is 0 Å². The Labute approximate surface area is 143 Å². The zero-order valence-electron chi connectivity index (χ0n) is 16.2. The molecule has 2 rings (SSSR count). The van der Waals surface area contributed by atoms with Gasteiger partial charge in [-0.2, -0.15) is 0 Å². The molecular formula is C20H38N2O. The highest BCUT2D eigenvalue weighted by Gasteiger charge is 2.46. The monoisotopic (exact) mass is 322 g/mol. The van der Waals surface area contributed by atoms with E-state index in [2.05, 4.69) is 44.4 Å². The number of carbonyl (C=O) groups excluding carboxylic acids is 1. The second-order valence-corrected chi connectivity index (χ2v) is 9.50. The van der Waals surface area contributed by atoms with Crippen molar-refractivity contribution in [2.75, 3.05) is 32.7 Å². The van der Waals surface area contributed by atoms with Gasteiger partial charge in [-0.05, 0) is 50.1 Å². The molecule has 2 saturated heterocycles. The summed E-state index contributed by atoms with van der Waals surface area (Å²) in [5.41, 5.74) is 0.723. The molecule has 1 spiro atoms. The number of hydrogen-bond acceptors (Lipinski definition) is 2. The first-order chi connectivity index (χ1) is 10.7. The topological polar surface area (TPSA) is 23.6 Å². The van der Waals surface area contributed by atoms with Crippen LogP contribution in [0.1, 0.15) is 73.1 Å². The van der Waals surface area contributed by atoms with E-state index in [1.165, 1.54) is 45.3 Å². The third-order valence-corrected chi connectivity index (χ3v) is 5.76. The highest BCUT2D eigenvalue weighted by Crippen LogP contribution is 2.41. The van der Waals surface area contributed by atoms with E-state index in [1.54, 1.807) is 0 Å². The fourth-order valence-corrected chi connectivity index (χ4v) is 4.13. The van der Waals surface area contributed by atoms with E-state index >= 15 is 0 Å². The lowest BCUT2D eigenvalue weighted by Crippen LogP contribution is -2.62. The number of amides is 1. The molecule has 1 amide bonds. The van der Waals surface area contributed by atoms with Crippen molar-refractivity contribution in [1.29, 1.82) is 0 Å². The minimum atomic E-state index is 0.263. The number of carbonyl (C=O) groups is 1. The van der Waals surface area contributed by atoms with Crippen LogP contribution in [0.2, 0.25) is 0 Å². The number of rotatable bonds is 6. The smallest absolute Gasteiger partial charge is 0.222 e. The van der Waals surface area contributed by atoms with E-state index in [9.17, 15) is 4.79 Å². The van der Waals surface area contributed by atoms with Gasteiger partial charge in [0.1, 0.15) is 0 Å². The Morgan fingerprint density at radius 3 is 2.30 bits per heavy atom. The Morgan fingerprint density at radius 1 is 1.17 bits per heavy atom. The zero-order valence-corrected chi connectivity index (χ0v) is 16.2. The van der Waals surface area contributed by atoms with Crippen LogP contribution >= 0.6 is 0 Å². The van der Waals surface area contributed by atoms with Crippen LogP contribution in [0.15, 0.2) is 0 Å². The molecule has 0 radical (unpaired) electrons. The predicted molar refractivity (Wildman–Crippen MR) is 97.4 cm³/mol. The number of nitrogens with zero attached hydrogens (tertiary/aromatic N) is 2. The minimum Gasteiger partial charge on any atom is -0.341 e. The van der Waals surface area contributed by atoms with Crippen molar-refractivity contribution in [2.24, 2.45) is 16.7 Å². The number of likely N-dealkylation sites (tertiary alicyclic amines) is 2. The van der Waals surface area contributed by atoms with E-state index in [0.717, 1.165) is 31.8 Å². The van der Waals surface area contributed by atoms with Crippen molar-refractivity contribution in [2.45, 2.75) is 73.1 Å². The molecule has 1 unspecified atom stereocenters. The maximum absolute atomic E-state index is 12.3. The molecule has 134 valence electrons. The van der Waals surface area contributed by atoms with Gasteiger partial charge in [0, 0.05) is 31.5 Å². The van der Waals surface area contributed by atoms with Crippen LogP contribution in [0, 0.1) is 16.7 Å². The molecule has 0 aromatic heterocycles. The zero-order chi connectivity index (χ0) is 17.1. The average Bonchev–Trinajstić information content (AvgIpc) is 2.43. The molecule has 3 nitrogen and oxygen atoms in total. The second-order valence-electron chi connectivity index (χ2n) is 9.50. The molecule has 0 N–H and O–H groups in total. The van der Waals surface area contributed by atoms with Crippen molar-refractivity contribution < 1.29 is 4.79 Å². The minimum absolute atomic E-state index is 0.263. The maximum atomic E-state index is 12.3.